The third kappa shape index (κ3) is 2.35. The maximum Gasteiger partial charge on any atom is 0.121 e. The van der Waals surface area contributed by atoms with Crippen molar-refractivity contribution in [3.63, 3.8) is 0 Å². The first-order chi connectivity index (χ1) is 7.66. The number of aliphatic hydroxyl groups excluding tert-OH is 1. The van der Waals surface area contributed by atoms with E-state index in [1.54, 1.807) is 0 Å². The van der Waals surface area contributed by atoms with E-state index in [1.165, 1.54) is 0 Å². The van der Waals surface area contributed by atoms with Gasteiger partial charge in [-0.25, -0.2) is 0 Å². The van der Waals surface area contributed by atoms with Crippen molar-refractivity contribution in [2.75, 3.05) is 6.54 Å². The zero-order valence-corrected chi connectivity index (χ0v) is 9.61. The lowest BCUT2D eigenvalue weighted by Gasteiger charge is -2.16. The highest BCUT2D eigenvalue weighted by molar-refractivity contribution is 5.98. The molecule has 0 bridgehead atoms. The Kier molecular flexibility index (Phi) is 3.13. The number of nitrogens with two attached hydrogens (primary N) is 1. The van der Waals surface area contributed by atoms with Crippen LogP contribution in [-0.4, -0.2) is 17.5 Å². The molecule has 0 fully saturated rings. The Morgan fingerprint density at radius 3 is 3.06 bits per heavy atom. The highest BCUT2D eigenvalue weighted by Crippen LogP contribution is 2.24. The number of allylic oxidation sites excluding steroid dienone is 5. The van der Waals surface area contributed by atoms with Crippen LogP contribution in [0.25, 0.3) is 0 Å². The third-order valence-electron chi connectivity index (χ3n) is 3.08. The quantitative estimate of drug-likeness (QED) is 0.710. The van der Waals surface area contributed by atoms with Gasteiger partial charge in [-0.3, -0.25) is 4.99 Å². The summed E-state index contributed by atoms with van der Waals surface area (Å²) in [6.07, 6.45) is 8.93. The van der Waals surface area contributed by atoms with Crippen molar-refractivity contribution in [2.45, 2.75) is 26.2 Å². The molecule has 0 saturated carbocycles. The van der Waals surface area contributed by atoms with E-state index in [1.807, 2.05) is 19.1 Å². The molecule has 0 aromatic rings. The van der Waals surface area contributed by atoms with Crippen LogP contribution in [-0.2, 0) is 0 Å². The fourth-order valence-electron chi connectivity index (χ4n) is 1.95. The smallest absolute Gasteiger partial charge is 0.121 e. The van der Waals surface area contributed by atoms with E-state index in [0.717, 1.165) is 37.0 Å². The van der Waals surface area contributed by atoms with Gasteiger partial charge in [-0.1, -0.05) is 13.0 Å². The average Bonchev–Trinajstić information content (AvgIpc) is 2.27. The third-order valence-corrected chi connectivity index (χ3v) is 3.08. The normalized spacial score (nSPS) is 28.4. The summed E-state index contributed by atoms with van der Waals surface area (Å²) in [6.45, 7) is 2.85. The zero-order valence-electron chi connectivity index (χ0n) is 9.61. The first-order valence-corrected chi connectivity index (χ1v) is 5.78. The Bertz CT molecular complexity index is 402. The van der Waals surface area contributed by atoms with Gasteiger partial charge < -0.3 is 10.8 Å². The Balaban J connectivity index is 2.19. The minimum atomic E-state index is 0.236. The van der Waals surface area contributed by atoms with Gasteiger partial charge in [-0.2, -0.15) is 0 Å². The number of aliphatic hydroxyl groups is 1. The monoisotopic (exact) mass is 218 g/mol. The van der Waals surface area contributed by atoms with E-state index >= 15 is 0 Å². The fraction of sp³-hybridized carbons (Fsp3) is 0.462. The van der Waals surface area contributed by atoms with Crippen molar-refractivity contribution in [3.8, 4) is 0 Å². The highest BCUT2D eigenvalue weighted by Gasteiger charge is 2.13. The van der Waals surface area contributed by atoms with E-state index in [2.05, 4.69) is 11.1 Å². The van der Waals surface area contributed by atoms with Crippen molar-refractivity contribution in [1.82, 2.24) is 0 Å². The Morgan fingerprint density at radius 2 is 2.38 bits per heavy atom. The number of nitrogens with zero attached hydrogens (tertiary/aromatic N) is 1. The summed E-state index contributed by atoms with van der Waals surface area (Å²) >= 11 is 0. The summed E-state index contributed by atoms with van der Waals surface area (Å²) in [7, 11) is 0. The van der Waals surface area contributed by atoms with Crippen LogP contribution in [0.2, 0.25) is 0 Å². The van der Waals surface area contributed by atoms with E-state index in [9.17, 15) is 5.11 Å². The molecule has 0 aromatic heterocycles. The van der Waals surface area contributed by atoms with Crippen LogP contribution in [0.3, 0.4) is 0 Å². The number of rotatable bonds is 1. The van der Waals surface area contributed by atoms with Crippen LogP contribution in [0.5, 0.6) is 0 Å². The van der Waals surface area contributed by atoms with Crippen molar-refractivity contribution >= 4 is 5.84 Å². The fourth-order valence-corrected chi connectivity index (χ4v) is 1.95. The van der Waals surface area contributed by atoms with Crippen molar-refractivity contribution in [1.29, 1.82) is 0 Å². The molecule has 1 atom stereocenters. The summed E-state index contributed by atoms with van der Waals surface area (Å²) in [6, 6.07) is 0. The van der Waals surface area contributed by atoms with Crippen LogP contribution in [0.4, 0.5) is 0 Å². The highest BCUT2D eigenvalue weighted by atomic mass is 16.3. The molecule has 3 N–H and O–H groups in total. The van der Waals surface area contributed by atoms with Gasteiger partial charge in [0.15, 0.2) is 0 Å². The molecule has 1 aliphatic heterocycles. The van der Waals surface area contributed by atoms with Crippen molar-refractivity contribution in [3.05, 3.63) is 35.1 Å². The first kappa shape index (κ1) is 11.0. The standard InChI is InChI=1S/C13H18N2O/c1-9-4-5-10(8-12(9)16)7-11-3-2-6-15-13(11)14/h5,7-9,16H,2-4,6H2,1H3,(H2,14,15)/b11-7+. The molecule has 2 aliphatic rings. The summed E-state index contributed by atoms with van der Waals surface area (Å²) < 4.78 is 0. The molecule has 16 heavy (non-hydrogen) atoms. The van der Waals surface area contributed by atoms with Crippen LogP contribution >= 0.6 is 0 Å². The second-order valence-electron chi connectivity index (χ2n) is 4.45. The Labute approximate surface area is 96.1 Å². The maximum absolute atomic E-state index is 9.67. The van der Waals surface area contributed by atoms with Gasteiger partial charge in [-0.15, -0.1) is 0 Å². The van der Waals surface area contributed by atoms with Gasteiger partial charge in [0.1, 0.15) is 5.84 Å². The van der Waals surface area contributed by atoms with E-state index < -0.39 is 0 Å². The van der Waals surface area contributed by atoms with E-state index in [4.69, 9.17) is 5.73 Å². The van der Waals surface area contributed by atoms with Gasteiger partial charge in [0.25, 0.3) is 0 Å². The molecule has 0 radical (unpaired) electrons. The molecule has 0 aromatic carbocycles. The molecule has 3 nitrogen and oxygen atoms in total. The predicted molar refractivity (Wildman–Crippen MR) is 66.4 cm³/mol. The van der Waals surface area contributed by atoms with Gasteiger partial charge in [0, 0.05) is 12.5 Å². The molecular weight excluding hydrogens is 200 g/mol. The molecule has 86 valence electrons. The summed E-state index contributed by atoms with van der Waals surface area (Å²) in [5.41, 5.74) is 7.97. The number of amidine groups is 1. The molecule has 0 spiro atoms. The minimum Gasteiger partial charge on any atom is -0.512 e. The number of hydrogen-bond acceptors (Lipinski definition) is 3. The second kappa shape index (κ2) is 4.56. The largest absolute Gasteiger partial charge is 0.512 e. The van der Waals surface area contributed by atoms with Crippen molar-refractivity contribution < 1.29 is 5.11 Å². The predicted octanol–water partition coefficient (Wildman–Crippen LogP) is 2.47. The topological polar surface area (TPSA) is 58.6 Å². The van der Waals surface area contributed by atoms with Gasteiger partial charge in [0.05, 0.1) is 5.76 Å². The molecule has 0 saturated heterocycles. The van der Waals surface area contributed by atoms with E-state index in [0.29, 0.717) is 11.6 Å². The maximum atomic E-state index is 9.67. The molecule has 2 rings (SSSR count). The SMILES string of the molecule is CC1CC=C(/C=C2\CCCN=C2N)C=C1O. The number of aliphatic imine (C=N–C) groups is 1. The minimum absolute atomic E-state index is 0.236. The summed E-state index contributed by atoms with van der Waals surface area (Å²) in [5, 5.41) is 9.67. The van der Waals surface area contributed by atoms with Gasteiger partial charge in [0.2, 0.25) is 0 Å². The number of hydrogen-bond donors (Lipinski definition) is 2. The second-order valence-corrected chi connectivity index (χ2v) is 4.45. The van der Waals surface area contributed by atoms with E-state index in [-0.39, 0.29) is 5.92 Å². The summed E-state index contributed by atoms with van der Waals surface area (Å²) in [5.74, 6) is 1.35. The lowest BCUT2D eigenvalue weighted by molar-refractivity contribution is 0.338. The van der Waals surface area contributed by atoms with Crippen LogP contribution in [0.15, 0.2) is 40.1 Å². The van der Waals surface area contributed by atoms with Gasteiger partial charge >= 0.3 is 0 Å². The van der Waals surface area contributed by atoms with Crippen LogP contribution in [0.1, 0.15) is 26.2 Å². The van der Waals surface area contributed by atoms with Crippen molar-refractivity contribution in [2.24, 2.45) is 16.6 Å². The van der Waals surface area contributed by atoms with Gasteiger partial charge in [-0.05, 0) is 42.6 Å². The van der Waals surface area contributed by atoms with Crippen LogP contribution < -0.4 is 5.73 Å². The summed E-state index contributed by atoms with van der Waals surface area (Å²) in [4.78, 5) is 4.23. The molecule has 1 unspecified atom stereocenters. The lowest BCUT2D eigenvalue weighted by Crippen LogP contribution is -2.19. The molecule has 0 amide bonds. The molecule has 1 heterocycles. The zero-order chi connectivity index (χ0) is 11.5. The average molecular weight is 218 g/mol. The molecule has 1 aliphatic carbocycles. The Morgan fingerprint density at radius 1 is 1.56 bits per heavy atom. The first-order valence-electron chi connectivity index (χ1n) is 5.78. The molecule has 3 heteroatoms. The lowest BCUT2D eigenvalue weighted by atomic mass is 9.94. The van der Waals surface area contributed by atoms with Crippen LogP contribution in [0, 0.1) is 5.92 Å². The Hall–Kier alpha value is -1.51. The molecular formula is C13H18N2O.